The number of benzene rings is 2. The number of amides is 2. The van der Waals surface area contributed by atoms with Gasteiger partial charge in [0.25, 0.3) is 0 Å². The number of hydrogen-bond acceptors (Lipinski definition) is 4. The minimum Gasteiger partial charge on any atom is -0.465 e. The Balaban J connectivity index is 1.67. The van der Waals surface area contributed by atoms with Crippen molar-refractivity contribution in [3.8, 4) is 0 Å². The van der Waals surface area contributed by atoms with E-state index in [0.717, 1.165) is 29.1 Å². The van der Waals surface area contributed by atoms with Crippen molar-refractivity contribution in [2.24, 2.45) is 11.7 Å². The van der Waals surface area contributed by atoms with Crippen LogP contribution in [0.2, 0.25) is 0 Å². The first-order valence-corrected chi connectivity index (χ1v) is 10.5. The molecule has 3 aromatic rings. The van der Waals surface area contributed by atoms with Crippen LogP contribution in [-0.2, 0) is 19.1 Å². The maximum atomic E-state index is 13.0. The highest BCUT2D eigenvalue weighted by Gasteiger charge is 2.32. The molecule has 0 radical (unpaired) electrons. The lowest BCUT2D eigenvalue weighted by atomic mass is 9.96. The maximum absolute atomic E-state index is 13.0. The molecule has 1 aliphatic rings. The first kappa shape index (κ1) is 23.1. The predicted octanol–water partition coefficient (Wildman–Crippen LogP) is 3.63. The molecular formula is C23H22F3N5O3. The molecule has 0 fully saturated rings. The van der Waals surface area contributed by atoms with Crippen LogP contribution in [0, 0.1) is 5.92 Å². The van der Waals surface area contributed by atoms with E-state index in [9.17, 15) is 22.8 Å². The Labute approximate surface area is 192 Å². The molecule has 1 unspecified atom stereocenters. The van der Waals surface area contributed by atoms with Gasteiger partial charge in [-0.1, -0.05) is 12.1 Å². The highest BCUT2D eigenvalue weighted by atomic mass is 19.4. The Morgan fingerprint density at radius 3 is 2.56 bits per heavy atom. The van der Waals surface area contributed by atoms with Crippen molar-refractivity contribution in [1.82, 2.24) is 15.1 Å². The van der Waals surface area contributed by atoms with Gasteiger partial charge in [-0.25, -0.2) is 4.79 Å². The van der Waals surface area contributed by atoms with Crippen LogP contribution in [-0.4, -0.2) is 40.0 Å². The van der Waals surface area contributed by atoms with Crippen molar-refractivity contribution >= 4 is 23.4 Å². The average molecular weight is 473 g/mol. The molecule has 0 bridgehead atoms. The minimum atomic E-state index is -4.44. The zero-order chi connectivity index (χ0) is 24.5. The summed E-state index contributed by atoms with van der Waals surface area (Å²) in [4.78, 5) is 24.4. The van der Waals surface area contributed by atoms with Crippen LogP contribution >= 0.6 is 0 Å². The van der Waals surface area contributed by atoms with Crippen LogP contribution in [0.25, 0.3) is 0 Å². The summed E-state index contributed by atoms with van der Waals surface area (Å²) in [5.41, 5.74) is 7.88. The van der Waals surface area contributed by atoms with Crippen LogP contribution in [0.1, 0.15) is 27.2 Å². The van der Waals surface area contributed by atoms with Gasteiger partial charge in [0.05, 0.1) is 29.7 Å². The second kappa shape index (κ2) is 9.08. The molecule has 34 heavy (non-hydrogen) atoms. The fraction of sp³-hybridized carbons (Fsp3) is 0.261. The Kier molecular flexibility index (Phi) is 6.18. The van der Waals surface area contributed by atoms with Crippen LogP contribution in [0.4, 0.5) is 29.3 Å². The fourth-order valence-corrected chi connectivity index (χ4v) is 4.11. The lowest BCUT2D eigenvalue weighted by molar-refractivity contribution is -0.137. The zero-order valence-electron chi connectivity index (χ0n) is 17.9. The van der Waals surface area contributed by atoms with E-state index < -0.39 is 23.7 Å². The van der Waals surface area contributed by atoms with E-state index in [-0.39, 0.29) is 12.5 Å². The molecule has 4 N–H and O–H groups in total. The number of carbonyl (C=O) groups excluding carboxylic acids is 1. The lowest BCUT2D eigenvalue weighted by Gasteiger charge is -2.34. The molecule has 0 aliphatic carbocycles. The maximum Gasteiger partial charge on any atom is 0.416 e. The number of carboxylic acid groups (broad SMARTS) is 1. The molecule has 1 aromatic heterocycles. The minimum absolute atomic E-state index is 0.140. The number of fused-ring (bicyclic) bond motifs is 1. The number of carbonyl (C=O) groups is 2. The number of primary amides is 1. The molecule has 1 atom stereocenters. The number of nitrogens with two attached hydrogens (primary N) is 1. The molecular weight excluding hydrogens is 451 g/mol. The molecule has 0 saturated carbocycles. The van der Waals surface area contributed by atoms with Crippen LogP contribution in [0.5, 0.6) is 0 Å². The zero-order valence-corrected chi connectivity index (χ0v) is 17.9. The molecule has 0 spiro atoms. The first-order chi connectivity index (χ1) is 16.1. The number of hydrogen-bond donors (Lipinski definition) is 3. The summed E-state index contributed by atoms with van der Waals surface area (Å²) < 4.78 is 40.8. The van der Waals surface area contributed by atoms with E-state index in [4.69, 9.17) is 10.8 Å². The molecule has 11 heteroatoms. The molecule has 1 aliphatic heterocycles. The number of aromatic nitrogens is 2. The smallest absolute Gasteiger partial charge is 0.416 e. The Morgan fingerprint density at radius 1 is 1.18 bits per heavy atom. The molecule has 4 rings (SSSR count). The molecule has 0 saturated heterocycles. The van der Waals surface area contributed by atoms with Gasteiger partial charge in [-0.2, -0.15) is 18.3 Å². The lowest BCUT2D eigenvalue weighted by Crippen LogP contribution is -2.39. The van der Waals surface area contributed by atoms with Crippen LogP contribution in [0.15, 0.2) is 54.7 Å². The topological polar surface area (TPSA) is 113 Å². The van der Waals surface area contributed by atoms with Crippen molar-refractivity contribution in [2.75, 3.05) is 18.0 Å². The van der Waals surface area contributed by atoms with E-state index in [1.807, 2.05) is 11.0 Å². The standard InChI is InChI=1S/C23H22F3N5O3/c24-23(25,26)17-4-6-18(7-5-17)30-12-15(10-28-22(33)34)9-19-20(30)11-29-31(19)13-14-2-1-3-16(8-14)21(27)32/h1-8,11,15,28H,9-10,12-13H2,(H2,27,32)(H,33,34). The second-order valence-electron chi connectivity index (χ2n) is 8.11. The van der Waals surface area contributed by atoms with Crippen molar-refractivity contribution in [3.63, 3.8) is 0 Å². The van der Waals surface area contributed by atoms with Crippen molar-refractivity contribution in [3.05, 3.63) is 77.1 Å². The normalized spacial score (nSPS) is 15.6. The molecule has 178 valence electrons. The van der Waals surface area contributed by atoms with Gasteiger partial charge in [0.15, 0.2) is 0 Å². The first-order valence-electron chi connectivity index (χ1n) is 10.5. The van der Waals surface area contributed by atoms with Crippen molar-refractivity contribution in [2.45, 2.75) is 19.1 Å². The summed E-state index contributed by atoms with van der Waals surface area (Å²) in [5.74, 6) is -0.684. The van der Waals surface area contributed by atoms with E-state index in [1.165, 1.54) is 12.1 Å². The second-order valence-corrected chi connectivity index (χ2v) is 8.11. The van der Waals surface area contributed by atoms with Gasteiger partial charge < -0.3 is 21.1 Å². The molecule has 2 aromatic carbocycles. The summed E-state index contributed by atoms with van der Waals surface area (Å²) in [6, 6.07) is 11.7. The monoisotopic (exact) mass is 473 g/mol. The average Bonchev–Trinajstić information content (AvgIpc) is 3.19. The SMILES string of the molecule is NC(=O)c1cccc(Cn2ncc3c2CC(CNC(=O)O)CN3c2ccc(C(F)(F)F)cc2)c1. The Bertz CT molecular complexity index is 1210. The van der Waals surface area contributed by atoms with E-state index in [0.29, 0.717) is 30.8 Å². The van der Waals surface area contributed by atoms with Gasteiger partial charge in [0.2, 0.25) is 5.91 Å². The molecule has 2 amide bonds. The van der Waals surface area contributed by atoms with E-state index in [2.05, 4.69) is 10.4 Å². The fourth-order valence-electron chi connectivity index (χ4n) is 4.11. The highest BCUT2D eigenvalue weighted by Crippen LogP contribution is 2.37. The summed E-state index contributed by atoms with van der Waals surface area (Å²) in [6.45, 7) is 0.923. The number of anilines is 2. The number of rotatable bonds is 6. The number of nitrogens with zero attached hydrogens (tertiary/aromatic N) is 3. The number of alkyl halides is 3. The van der Waals surface area contributed by atoms with Crippen molar-refractivity contribution < 1.29 is 27.9 Å². The van der Waals surface area contributed by atoms with Gasteiger partial charge in [0.1, 0.15) is 0 Å². The molecule has 8 nitrogen and oxygen atoms in total. The Morgan fingerprint density at radius 2 is 1.91 bits per heavy atom. The summed E-state index contributed by atoms with van der Waals surface area (Å²) in [5, 5.41) is 15.9. The quantitative estimate of drug-likeness (QED) is 0.506. The van der Waals surface area contributed by atoms with Crippen LogP contribution in [0.3, 0.4) is 0 Å². The van der Waals surface area contributed by atoms with Gasteiger partial charge in [-0.3, -0.25) is 9.48 Å². The third kappa shape index (κ3) is 4.98. The summed E-state index contributed by atoms with van der Waals surface area (Å²) in [6.07, 6.45) is -3.43. The highest BCUT2D eigenvalue weighted by molar-refractivity contribution is 5.92. The Hall–Kier alpha value is -4.02. The van der Waals surface area contributed by atoms with E-state index >= 15 is 0 Å². The summed E-state index contributed by atoms with van der Waals surface area (Å²) >= 11 is 0. The third-order valence-electron chi connectivity index (χ3n) is 5.73. The summed E-state index contributed by atoms with van der Waals surface area (Å²) in [7, 11) is 0. The van der Waals surface area contributed by atoms with Gasteiger partial charge >= 0.3 is 12.3 Å². The third-order valence-corrected chi connectivity index (χ3v) is 5.73. The van der Waals surface area contributed by atoms with Gasteiger partial charge in [-0.15, -0.1) is 0 Å². The van der Waals surface area contributed by atoms with Gasteiger partial charge in [0, 0.05) is 24.3 Å². The number of halogens is 3. The van der Waals surface area contributed by atoms with Gasteiger partial charge in [-0.05, 0) is 54.3 Å². The van der Waals surface area contributed by atoms with Crippen LogP contribution < -0.4 is 16.0 Å². The predicted molar refractivity (Wildman–Crippen MR) is 118 cm³/mol. The molecule has 2 heterocycles. The largest absolute Gasteiger partial charge is 0.465 e. The number of nitrogens with one attached hydrogen (secondary N) is 1. The van der Waals surface area contributed by atoms with E-state index in [1.54, 1.807) is 29.1 Å². The van der Waals surface area contributed by atoms with Crippen molar-refractivity contribution in [1.29, 1.82) is 0 Å².